The maximum Gasteiger partial charge on any atom is 0.291 e. The minimum atomic E-state index is -0.922. The van der Waals surface area contributed by atoms with Gasteiger partial charge >= 0.3 is 0 Å². The fourth-order valence-corrected chi connectivity index (χ4v) is 0.816. The minimum absolute atomic E-state index is 0. The van der Waals surface area contributed by atoms with Crippen molar-refractivity contribution in [3.8, 4) is 0 Å². The van der Waals surface area contributed by atoms with E-state index in [1.54, 1.807) is 0 Å². The van der Waals surface area contributed by atoms with E-state index in [0.717, 1.165) is 0 Å². The molecule has 12 heavy (non-hydrogen) atoms. The summed E-state index contributed by atoms with van der Waals surface area (Å²) in [6, 6.07) is 0. The molecule has 0 aliphatic carbocycles. The van der Waals surface area contributed by atoms with E-state index >= 15 is 0 Å². The first-order chi connectivity index (χ1) is 5.27. The Hall–Kier alpha value is -1.76. The lowest BCUT2D eigenvalue weighted by Gasteiger charge is -1.85. The van der Waals surface area contributed by atoms with Crippen molar-refractivity contribution in [1.82, 2.24) is 26.1 Å². The largest absolute Gasteiger partial charge is 0.344 e. The lowest BCUT2D eigenvalue weighted by atomic mass is 10.5. The Labute approximate surface area is 65.4 Å². The molecular weight excluding hydrogens is 165 g/mol. The van der Waals surface area contributed by atoms with Crippen molar-refractivity contribution in [3.63, 3.8) is 0 Å². The fourth-order valence-electron chi connectivity index (χ4n) is 0.816. The normalized spacial score (nSPS) is 9.75. The van der Waals surface area contributed by atoms with Gasteiger partial charge in [-0.05, 0) is 0 Å². The summed E-state index contributed by atoms with van der Waals surface area (Å²) >= 11 is 0. The van der Waals surface area contributed by atoms with Crippen LogP contribution in [-0.2, 0) is 0 Å². The summed E-state index contributed by atoms with van der Waals surface area (Å²) in [4.78, 5) is 22.2. The molecule has 0 radical (unpaired) electrons. The van der Waals surface area contributed by atoms with Gasteiger partial charge in [0.05, 0.1) is 6.33 Å². The van der Waals surface area contributed by atoms with Crippen molar-refractivity contribution in [2.75, 3.05) is 0 Å². The Balaban J connectivity index is 0.000000720. The van der Waals surface area contributed by atoms with Crippen LogP contribution in [0.15, 0.2) is 11.1 Å². The van der Waals surface area contributed by atoms with Gasteiger partial charge in [-0.25, -0.2) is 4.98 Å². The van der Waals surface area contributed by atoms with Gasteiger partial charge in [0.1, 0.15) is 0 Å². The summed E-state index contributed by atoms with van der Waals surface area (Å²) in [5.41, 5.74) is -0.275. The average molecular weight is 171 g/mol. The molecule has 0 unspecified atom stereocenters. The molecule has 2 aromatic heterocycles. The summed E-state index contributed by atoms with van der Waals surface area (Å²) in [5.74, 6) is 0. The third-order valence-electron chi connectivity index (χ3n) is 1.27. The second-order valence-electron chi connectivity index (χ2n) is 1.96. The summed E-state index contributed by atoms with van der Waals surface area (Å²) in [6.45, 7) is 0. The first-order valence-electron chi connectivity index (χ1n) is 2.86. The highest BCUT2D eigenvalue weighted by Gasteiger charge is 2.03. The number of nitrogens with one attached hydrogen (secondary N) is 2. The number of rotatable bonds is 0. The Bertz CT molecular complexity index is 446. The van der Waals surface area contributed by atoms with Crippen molar-refractivity contribution >= 4 is 11.2 Å². The van der Waals surface area contributed by atoms with E-state index in [2.05, 4.69) is 15.0 Å². The van der Waals surface area contributed by atoms with Crippen LogP contribution in [0, 0.1) is 6.08 Å². The summed E-state index contributed by atoms with van der Waals surface area (Å²) in [7, 11) is 0. The summed E-state index contributed by atoms with van der Waals surface area (Å²) < 4.78 is 12.4. The molecular formula is C5H6FN5O. The molecule has 2 rings (SSSR count). The van der Waals surface area contributed by atoms with Crippen LogP contribution in [0.5, 0.6) is 0 Å². The zero-order valence-electron chi connectivity index (χ0n) is 5.97. The van der Waals surface area contributed by atoms with Crippen LogP contribution in [0.25, 0.3) is 11.2 Å². The van der Waals surface area contributed by atoms with Crippen LogP contribution in [0.4, 0.5) is 4.39 Å². The maximum atomic E-state index is 12.4. The molecule has 2 heterocycles. The Morgan fingerprint density at radius 2 is 2.25 bits per heavy atom. The fraction of sp³-hybridized carbons (Fsp3) is 0. The first-order valence-corrected chi connectivity index (χ1v) is 2.86. The molecule has 0 aliphatic heterocycles. The second kappa shape index (κ2) is 2.70. The molecule has 2 aromatic rings. The number of aromatic amines is 2. The molecule has 6 nitrogen and oxygen atoms in total. The summed E-state index contributed by atoms with van der Waals surface area (Å²) in [6.07, 6.45) is 0.362. The number of aromatic nitrogens is 4. The van der Waals surface area contributed by atoms with Crippen LogP contribution in [-0.4, -0.2) is 19.9 Å². The van der Waals surface area contributed by atoms with E-state index in [4.69, 9.17) is 0 Å². The topological polar surface area (TPSA) is 109 Å². The molecule has 0 amide bonds. The molecule has 0 bridgehead atoms. The Kier molecular flexibility index (Phi) is 1.88. The van der Waals surface area contributed by atoms with Crippen LogP contribution < -0.4 is 11.7 Å². The number of hydrogen-bond acceptors (Lipinski definition) is 4. The van der Waals surface area contributed by atoms with Gasteiger partial charge in [-0.1, -0.05) is 0 Å². The van der Waals surface area contributed by atoms with Gasteiger partial charge in [-0.2, -0.15) is 9.37 Å². The molecule has 64 valence electrons. The molecule has 7 heteroatoms. The quantitative estimate of drug-likeness (QED) is 0.482. The zero-order chi connectivity index (χ0) is 7.84. The molecule has 0 saturated heterocycles. The van der Waals surface area contributed by atoms with E-state index in [9.17, 15) is 9.18 Å². The maximum absolute atomic E-state index is 12.4. The van der Waals surface area contributed by atoms with Crippen LogP contribution in [0.1, 0.15) is 0 Å². The van der Waals surface area contributed by atoms with Gasteiger partial charge in [0.25, 0.3) is 11.6 Å². The standard InChI is InChI=1S/C5H3FN4O.H3N/c6-5-9-3-2(4(11)10-5)7-1-8-3;/h1H,(H2,7,8,9,10,11);1H3. The van der Waals surface area contributed by atoms with Gasteiger partial charge < -0.3 is 11.1 Å². The molecule has 5 N–H and O–H groups in total. The lowest BCUT2D eigenvalue weighted by Crippen LogP contribution is -2.10. The highest BCUT2D eigenvalue weighted by molar-refractivity contribution is 5.67. The Morgan fingerprint density at radius 3 is 3.00 bits per heavy atom. The van der Waals surface area contributed by atoms with Crippen molar-refractivity contribution in [1.29, 1.82) is 0 Å². The third-order valence-corrected chi connectivity index (χ3v) is 1.27. The molecule has 0 aliphatic rings. The SMILES string of the molecule is N.O=c1[nH]c(F)nc2nc[nH]c12. The number of H-pyrrole nitrogens is 2. The molecule has 0 fully saturated rings. The summed E-state index contributed by atoms with van der Waals surface area (Å²) in [5, 5.41) is 0. The van der Waals surface area contributed by atoms with Crippen molar-refractivity contribution in [2.24, 2.45) is 0 Å². The van der Waals surface area contributed by atoms with E-state index in [0.29, 0.717) is 0 Å². The number of hydrogen-bond donors (Lipinski definition) is 3. The van der Waals surface area contributed by atoms with Gasteiger partial charge in [0.2, 0.25) is 0 Å². The predicted molar refractivity (Wildman–Crippen MR) is 39.5 cm³/mol. The van der Waals surface area contributed by atoms with Crippen LogP contribution in [0.3, 0.4) is 0 Å². The first kappa shape index (κ1) is 8.34. The number of halogens is 1. The monoisotopic (exact) mass is 171 g/mol. The molecule has 0 saturated carbocycles. The van der Waals surface area contributed by atoms with Gasteiger partial charge in [-0.15, -0.1) is 0 Å². The molecule has 0 atom stereocenters. The Morgan fingerprint density at radius 1 is 1.50 bits per heavy atom. The van der Waals surface area contributed by atoms with E-state index in [1.807, 2.05) is 4.98 Å². The van der Waals surface area contributed by atoms with Crippen molar-refractivity contribution in [2.45, 2.75) is 0 Å². The number of nitrogens with zero attached hydrogens (tertiary/aromatic N) is 2. The lowest BCUT2D eigenvalue weighted by molar-refractivity contribution is 0.540. The smallest absolute Gasteiger partial charge is 0.291 e. The number of fused-ring (bicyclic) bond motifs is 1. The highest BCUT2D eigenvalue weighted by Crippen LogP contribution is 1.97. The van der Waals surface area contributed by atoms with E-state index in [-0.39, 0.29) is 17.3 Å². The number of imidazole rings is 1. The van der Waals surface area contributed by atoms with Crippen molar-refractivity contribution in [3.05, 3.63) is 22.8 Å². The average Bonchev–Trinajstić information content (AvgIpc) is 2.34. The predicted octanol–water partition coefficient (Wildman–Crippen LogP) is -0.0527. The van der Waals surface area contributed by atoms with Crippen LogP contribution >= 0.6 is 0 Å². The van der Waals surface area contributed by atoms with Gasteiger partial charge in [0, 0.05) is 0 Å². The molecule has 0 spiro atoms. The highest BCUT2D eigenvalue weighted by atomic mass is 19.1. The van der Waals surface area contributed by atoms with Crippen LogP contribution in [0.2, 0.25) is 0 Å². The molecule has 0 aromatic carbocycles. The third kappa shape index (κ3) is 1.05. The van der Waals surface area contributed by atoms with Gasteiger partial charge in [0.15, 0.2) is 11.2 Å². The zero-order valence-corrected chi connectivity index (χ0v) is 5.97. The van der Waals surface area contributed by atoms with Gasteiger partial charge in [-0.3, -0.25) is 9.78 Å². The van der Waals surface area contributed by atoms with Crippen molar-refractivity contribution < 1.29 is 4.39 Å². The van der Waals surface area contributed by atoms with E-state index in [1.165, 1.54) is 6.33 Å². The minimum Gasteiger partial charge on any atom is -0.344 e. The van der Waals surface area contributed by atoms with E-state index < -0.39 is 11.6 Å². The second-order valence-corrected chi connectivity index (χ2v) is 1.96.